The van der Waals surface area contributed by atoms with E-state index in [1.165, 1.54) is 22.6 Å². The second-order valence-electron chi connectivity index (χ2n) is 14.4. The summed E-state index contributed by atoms with van der Waals surface area (Å²) in [5.74, 6) is -3.61. The maximum absolute atomic E-state index is 15.4. The van der Waals surface area contributed by atoms with Crippen molar-refractivity contribution in [2.45, 2.75) is 56.5 Å². The van der Waals surface area contributed by atoms with Crippen molar-refractivity contribution < 1.29 is 40.2 Å². The van der Waals surface area contributed by atoms with Crippen LogP contribution in [0.4, 0.5) is 29.1 Å². The SMILES string of the molecule is N#Cc1ccc(OC2CCC(C(=O)Nc3ccc(C4CCN(CCOCCS(=O)(=O)N5CCN(c6cc(C(F)F)ccn6)CC5)CC4(F)F)cc3)CC2)cc1Cl. The van der Waals surface area contributed by atoms with Crippen LogP contribution in [0, 0.1) is 17.2 Å². The van der Waals surface area contributed by atoms with E-state index in [0.717, 1.165) is 0 Å². The summed E-state index contributed by atoms with van der Waals surface area (Å²) in [5, 5.41) is 12.3. The first-order chi connectivity index (χ1) is 26.8. The zero-order valence-electron chi connectivity index (χ0n) is 30.8. The molecule has 1 aliphatic carbocycles. The Morgan fingerprint density at radius 3 is 2.38 bits per heavy atom. The largest absolute Gasteiger partial charge is 0.490 e. The minimum Gasteiger partial charge on any atom is -0.490 e. The summed E-state index contributed by atoms with van der Waals surface area (Å²) in [6.45, 7) is 1.20. The number of pyridine rings is 1. The van der Waals surface area contributed by atoms with Gasteiger partial charge < -0.3 is 19.7 Å². The Kier molecular flexibility index (Phi) is 13.8. The average Bonchev–Trinajstić information content (AvgIpc) is 3.18. The Labute approximate surface area is 329 Å². The molecule has 1 atom stereocenters. The Morgan fingerprint density at radius 2 is 1.71 bits per heavy atom. The van der Waals surface area contributed by atoms with Crippen LogP contribution in [0.5, 0.6) is 5.75 Å². The molecule has 2 aromatic carbocycles. The van der Waals surface area contributed by atoms with Gasteiger partial charge in [0.25, 0.3) is 12.3 Å². The van der Waals surface area contributed by atoms with E-state index < -0.39 is 34.8 Å². The van der Waals surface area contributed by atoms with Crippen molar-refractivity contribution in [3.8, 4) is 11.8 Å². The molecule has 0 bridgehead atoms. The molecule has 2 aliphatic heterocycles. The van der Waals surface area contributed by atoms with Gasteiger partial charge in [-0.25, -0.2) is 31.0 Å². The van der Waals surface area contributed by atoms with Crippen molar-refractivity contribution in [3.63, 3.8) is 0 Å². The number of hydrogen-bond acceptors (Lipinski definition) is 9. The minimum atomic E-state index is -3.63. The molecule has 17 heteroatoms. The van der Waals surface area contributed by atoms with E-state index in [-0.39, 0.29) is 68.5 Å². The zero-order chi connectivity index (χ0) is 39.9. The Bertz CT molecular complexity index is 1960. The minimum absolute atomic E-state index is 0.0682. The predicted molar refractivity (Wildman–Crippen MR) is 204 cm³/mol. The van der Waals surface area contributed by atoms with Crippen molar-refractivity contribution >= 4 is 39.0 Å². The number of piperidine rings is 1. The topological polar surface area (TPSA) is 128 Å². The second kappa shape index (κ2) is 18.5. The number of likely N-dealkylation sites (tertiary alicyclic amines) is 1. The third-order valence-corrected chi connectivity index (χ3v) is 12.8. The van der Waals surface area contributed by atoms with Crippen molar-refractivity contribution in [3.05, 3.63) is 82.5 Å². The summed E-state index contributed by atoms with van der Waals surface area (Å²) >= 11 is 6.11. The fraction of sp³-hybridized carbons (Fsp3) is 0.513. The molecule has 3 fully saturated rings. The molecular weight excluding hydrogens is 776 g/mol. The normalized spacial score (nSPS) is 22.1. The predicted octanol–water partition coefficient (Wildman–Crippen LogP) is 6.71. The van der Waals surface area contributed by atoms with Gasteiger partial charge in [0.15, 0.2) is 0 Å². The van der Waals surface area contributed by atoms with Crippen molar-refractivity contribution in [1.29, 1.82) is 5.26 Å². The molecule has 2 saturated heterocycles. The maximum atomic E-state index is 15.4. The monoisotopic (exact) mass is 820 g/mol. The molecular formula is C39H45ClF4N6O5S. The van der Waals surface area contributed by atoms with Gasteiger partial charge in [0.05, 0.1) is 48.1 Å². The van der Waals surface area contributed by atoms with Gasteiger partial charge in [-0.2, -0.15) is 9.57 Å². The number of hydrogen-bond donors (Lipinski definition) is 1. The summed E-state index contributed by atoms with van der Waals surface area (Å²) in [4.78, 5) is 20.5. The van der Waals surface area contributed by atoms with Crippen molar-refractivity contribution in [2.75, 3.05) is 75.0 Å². The molecule has 0 spiro atoms. The van der Waals surface area contributed by atoms with Crippen LogP contribution in [0.1, 0.15) is 61.1 Å². The van der Waals surface area contributed by atoms with Crippen LogP contribution < -0.4 is 15.0 Å². The Hall–Kier alpha value is -4.01. The molecule has 6 rings (SSSR count). The van der Waals surface area contributed by atoms with E-state index in [1.807, 2.05) is 6.07 Å². The van der Waals surface area contributed by atoms with Gasteiger partial charge in [0.2, 0.25) is 15.9 Å². The summed E-state index contributed by atoms with van der Waals surface area (Å²) < 4.78 is 95.6. The van der Waals surface area contributed by atoms with Gasteiger partial charge in [-0.15, -0.1) is 0 Å². The molecule has 1 unspecified atom stereocenters. The zero-order valence-corrected chi connectivity index (χ0v) is 32.3. The Balaban J connectivity index is 0.876. The third kappa shape index (κ3) is 10.7. The summed E-state index contributed by atoms with van der Waals surface area (Å²) in [6.07, 6.45) is 1.48. The van der Waals surface area contributed by atoms with Crippen LogP contribution in [0.25, 0.3) is 0 Å². The molecule has 0 radical (unpaired) electrons. The van der Waals surface area contributed by atoms with E-state index >= 15 is 8.78 Å². The summed E-state index contributed by atoms with van der Waals surface area (Å²) in [5.41, 5.74) is 1.27. The molecule has 1 amide bonds. The van der Waals surface area contributed by atoms with Gasteiger partial charge in [0.1, 0.15) is 17.6 Å². The fourth-order valence-electron chi connectivity index (χ4n) is 7.48. The number of rotatable bonds is 14. The molecule has 1 N–H and O–H groups in total. The van der Waals surface area contributed by atoms with E-state index in [4.69, 9.17) is 26.3 Å². The van der Waals surface area contributed by atoms with E-state index in [1.54, 1.807) is 52.3 Å². The highest BCUT2D eigenvalue weighted by Crippen LogP contribution is 2.40. The van der Waals surface area contributed by atoms with E-state index in [0.29, 0.717) is 78.7 Å². The number of alkyl halides is 4. The molecule has 3 aromatic rings. The van der Waals surface area contributed by atoms with Crippen LogP contribution in [0.15, 0.2) is 60.8 Å². The lowest BCUT2D eigenvalue weighted by molar-refractivity contribution is -0.121. The molecule has 3 heterocycles. The molecule has 1 aromatic heterocycles. The van der Waals surface area contributed by atoms with Crippen molar-refractivity contribution in [2.24, 2.45) is 5.92 Å². The number of amides is 1. The number of piperazine rings is 1. The third-order valence-electron chi connectivity index (χ3n) is 10.7. The lowest BCUT2D eigenvalue weighted by atomic mass is 9.85. The lowest BCUT2D eigenvalue weighted by Crippen LogP contribution is -2.50. The molecule has 56 heavy (non-hydrogen) atoms. The van der Waals surface area contributed by atoms with Crippen LogP contribution in [0.2, 0.25) is 5.02 Å². The average molecular weight is 821 g/mol. The van der Waals surface area contributed by atoms with Gasteiger partial charge >= 0.3 is 0 Å². The first-order valence-corrected chi connectivity index (χ1v) is 20.7. The van der Waals surface area contributed by atoms with Crippen LogP contribution in [0.3, 0.4) is 0 Å². The van der Waals surface area contributed by atoms with E-state index in [9.17, 15) is 22.0 Å². The molecule has 11 nitrogen and oxygen atoms in total. The number of sulfonamides is 1. The quantitative estimate of drug-likeness (QED) is 0.139. The highest BCUT2D eigenvalue weighted by atomic mass is 35.5. The van der Waals surface area contributed by atoms with E-state index in [2.05, 4.69) is 10.3 Å². The lowest BCUT2D eigenvalue weighted by Gasteiger charge is -2.38. The van der Waals surface area contributed by atoms with Gasteiger partial charge in [0, 0.05) is 62.2 Å². The number of anilines is 2. The fourth-order valence-corrected chi connectivity index (χ4v) is 9.00. The summed E-state index contributed by atoms with van der Waals surface area (Å²) in [6, 6.07) is 16.1. The number of nitriles is 1. The number of carbonyl (C=O) groups is 1. The molecule has 1 saturated carbocycles. The van der Waals surface area contributed by atoms with Crippen LogP contribution in [-0.4, -0.2) is 105 Å². The van der Waals surface area contributed by atoms with Crippen LogP contribution >= 0.6 is 11.6 Å². The van der Waals surface area contributed by atoms with Gasteiger partial charge in [-0.3, -0.25) is 9.69 Å². The highest BCUT2D eigenvalue weighted by Gasteiger charge is 2.45. The molecule has 302 valence electrons. The van der Waals surface area contributed by atoms with Crippen molar-refractivity contribution in [1.82, 2.24) is 14.2 Å². The number of aromatic nitrogens is 1. The summed E-state index contributed by atoms with van der Waals surface area (Å²) in [7, 11) is -3.63. The number of ether oxygens (including phenoxy) is 2. The number of benzene rings is 2. The smallest absolute Gasteiger partial charge is 0.267 e. The van der Waals surface area contributed by atoms with Crippen LogP contribution in [-0.2, 0) is 19.6 Å². The number of nitrogens with zero attached hydrogens (tertiary/aromatic N) is 5. The van der Waals surface area contributed by atoms with Gasteiger partial charge in [-0.05, 0) is 80.6 Å². The first-order valence-electron chi connectivity index (χ1n) is 18.7. The number of halogens is 5. The second-order valence-corrected chi connectivity index (χ2v) is 16.9. The number of carbonyl (C=O) groups excluding carboxylic acids is 1. The maximum Gasteiger partial charge on any atom is 0.267 e. The Morgan fingerprint density at radius 1 is 0.982 bits per heavy atom. The number of nitrogens with one attached hydrogen (secondary N) is 1. The van der Waals surface area contributed by atoms with Gasteiger partial charge in [-0.1, -0.05) is 23.7 Å². The first kappa shape index (κ1) is 41.6. The molecule has 3 aliphatic rings. The standard InChI is InChI=1S/C39H45ClF4N6O5S/c40-35-24-33(10-5-30(35)25-45)55-32-8-3-28(4-9-32)38(51)47-31-6-1-27(2-7-31)34-12-14-48(26-39(34,43)44)19-20-54-21-22-56(52,53)50-17-15-49(16-18-50)36-23-29(37(41)42)11-13-46-36/h1-2,5-7,10-11,13,23-24,28,32,34,37H,3-4,8-9,12,14-22,26H2,(H,47,51). The highest BCUT2D eigenvalue weighted by molar-refractivity contribution is 7.89.